The average Bonchev–Trinajstić information content (AvgIpc) is 3.05. The number of aliphatic hydroxyl groups excluding tert-OH is 3. The van der Waals surface area contributed by atoms with Gasteiger partial charge in [-0.2, -0.15) is 0 Å². The average molecular weight is 348 g/mol. The predicted molar refractivity (Wildman–Crippen MR) is 91.4 cm³/mol. The molecule has 0 aromatic heterocycles. The first-order valence-corrected chi connectivity index (χ1v) is 9.18. The summed E-state index contributed by atoms with van der Waals surface area (Å²) in [6.45, 7) is 7.50. The molecule has 1 spiro atoms. The summed E-state index contributed by atoms with van der Waals surface area (Å²) in [5, 5.41) is 43.0. The van der Waals surface area contributed by atoms with E-state index in [-0.39, 0.29) is 28.6 Å². The van der Waals surface area contributed by atoms with Crippen LogP contribution in [0.3, 0.4) is 0 Å². The molecular weight excluding hydrogens is 320 g/mol. The molecule has 0 aromatic rings. The first-order valence-electron chi connectivity index (χ1n) is 9.18. The molecule has 2 bridgehead atoms. The van der Waals surface area contributed by atoms with Crippen LogP contribution in [-0.2, 0) is 4.79 Å². The lowest BCUT2D eigenvalue weighted by Gasteiger charge is -2.48. The van der Waals surface area contributed by atoms with Crippen molar-refractivity contribution < 1.29 is 25.2 Å². The lowest BCUT2D eigenvalue weighted by Crippen LogP contribution is -2.65. The topological polar surface area (TPSA) is 98.0 Å². The molecular formula is C20H28O5. The van der Waals surface area contributed by atoms with Crippen molar-refractivity contribution in [2.24, 2.45) is 34.5 Å². The van der Waals surface area contributed by atoms with Crippen molar-refractivity contribution in [2.75, 3.05) is 6.61 Å². The summed E-state index contributed by atoms with van der Waals surface area (Å²) in [6, 6.07) is 0. The fourth-order valence-electron chi connectivity index (χ4n) is 6.43. The van der Waals surface area contributed by atoms with Crippen LogP contribution in [0, 0.1) is 34.5 Å². The maximum absolute atomic E-state index is 13.7. The summed E-state index contributed by atoms with van der Waals surface area (Å²) >= 11 is 0. The van der Waals surface area contributed by atoms with Gasteiger partial charge in [0.15, 0.2) is 5.78 Å². The number of ketones is 1. The van der Waals surface area contributed by atoms with Crippen LogP contribution in [0.5, 0.6) is 0 Å². The summed E-state index contributed by atoms with van der Waals surface area (Å²) < 4.78 is 0. The molecule has 0 aliphatic heterocycles. The van der Waals surface area contributed by atoms with E-state index in [4.69, 9.17) is 0 Å². The largest absolute Gasteiger partial charge is 0.392 e. The molecule has 2 fully saturated rings. The Morgan fingerprint density at radius 2 is 1.88 bits per heavy atom. The summed E-state index contributed by atoms with van der Waals surface area (Å²) in [6.07, 6.45) is 1.34. The van der Waals surface area contributed by atoms with Crippen LogP contribution in [0.25, 0.3) is 0 Å². The van der Waals surface area contributed by atoms with Crippen molar-refractivity contribution in [1.29, 1.82) is 0 Å². The van der Waals surface area contributed by atoms with Gasteiger partial charge in [-0.05, 0) is 47.7 Å². The van der Waals surface area contributed by atoms with Crippen LogP contribution >= 0.6 is 0 Å². The monoisotopic (exact) mass is 348 g/mol. The number of fused-ring (bicyclic) bond motifs is 3. The van der Waals surface area contributed by atoms with Gasteiger partial charge in [0.1, 0.15) is 17.8 Å². The number of carbonyl (C=O) groups is 1. The van der Waals surface area contributed by atoms with Gasteiger partial charge in [0.25, 0.3) is 0 Å². The summed E-state index contributed by atoms with van der Waals surface area (Å²) in [5.41, 5.74) is -2.58. The molecule has 5 heteroatoms. The van der Waals surface area contributed by atoms with Crippen LogP contribution in [0.2, 0.25) is 0 Å². The molecule has 0 saturated heterocycles. The van der Waals surface area contributed by atoms with Crippen molar-refractivity contribution in [3.63, 3.8) is 0 Å². The van der Waals surface area contributed by atoms with E-state index < -0.39 is 35.7 Å². The highest BCUT2D eigenvalue weighted by Crippen LogP contribution is 2.71. The highest BCUT2D eigenvalue weighted by atomic mass is 16.4. The quantitative estimate of drug-likeness (QED) is 0.526. The molecule has 0 amide bonds. The zero-order valence-corrected chi connectivity index (χ0v) is 15.2. The molecule has 4 N–H and O–H groups in total. The molecule has 5 nitrogen and oxygen atoms in total. The minimum atomic E-state index is -2.03. The Bertz CT molecular complexity index is 707. The van der Waals surface area contributed by atoms with Gasteiger partial charge in [-0.1, -0.05) is 32.9 Å². The Labute approximate surface area is 148 Å². The number of hydrogen-bond donors (Lipinski definition) is 4. The van der Waals surface area contributed by atoms with Crippen LogP contribution in [0.4, 0.5) is 0 Å². The summed E-state index contributed by atoms with van der Waals surface area (Å²) in [5.74, 6) is -0.288. The molecule has 4 rings (SSSR count). The van der Waals surface area contributed by atoms with Crippen LogP contribution < -0.4 is 0 Å². The number of allylic oxidation sites excluding steroid dienone is 1. The Morgan fingerprint density at radius 3 is 2.48 bits per heavy atom. The first kappa shape index (κ1) is 17.4. The maximum atomic E-state index is 13.7. The zero-order chi connectivity index (χ0) is 18.5. The summed E-state index contributed by atoms with van der Waals surface area (Å²) in [7, 11) is 0. The predicted octanol–water partition coefficient (Wildman–Crippen LogP) is 0.815. The van der Waals surface area contributed by atoms with Gasteiger partial charge >= 0.3 is 0 Å². The van der Waals surface area contributed by atoms with Crippen LogP contribution in [0.1, 0.15) is 34.1 Å². The second-order valence-electron chi connectivity index (χ2n) is 9.27. The van der Waals surface area contributed by atoms with E-state index in [0.717, 1.165) is 6.42 Å². The number of carbonyl (C=O) groups excluding carboxylic acids is 1. The fraction of sp³-hybridized carbons (Fsp3) is 0.750. The highest BCUT2D eigenvalue weighted by molar-refractivity contribution is 5.95. The minimum Gasteiger partial charge on any atom is -0.392 e. The van der Waals surface area contributed by atoms with Gasteiger partial charge in [-0.25, -0.2) is 0 Å². The number of aliphatic hydroxyl groups is 4. The molecule has 0 heterocycles. The van der Waals surface area contributed by atoms with E-state index >= 15 is 0 Å². The molecule has 138 valence electrons. The smallest absolute Gasteiger partial charge is 0.153 e. The number of Topliss-reactive ketones (excluding diaryl/α,β-unsaturated/α-hetero) is 1. The second-order valence-corrected chi connectivity index (χ2v) is 9.27. The standard InChI is InChI=1S/C20H28O5/c1-9-7-19-10(2)5-13-14(18(13,3)4)12(17(19)24)6-11(8-21)16(23)20(19,25)15(9)22/h6-7,10,12-16,21-23,25H,5,8H2,1-4H3/t10-,12+,13-,14?,15+,16-,19?,20?/m1/s1. The van der Waals surface area contributed by atoms with E-state index in [1.54, 1.807) is 19.1 Å². The molecule has 2 saturated carbocycles. The summed E-state index contributed by atoms with van der Waals surface area (Å²) in [4.78, 5) is 13.7. The second kappa shape index (κ2) is 4.83. The number of rotatable bonds is 1. The van der Waals surface area contributed by atoms with Gasteiger partial charge in [-0.3, -0.25) is 4.79 Å². The third-order valence-electron chi connectivity index (χ3n) is 7.93. The van der Waals surface area contributed by atoms with Crippen LogP contribution in [0.15, 0.2) is 23.3 Å². The van der Waals surface area contributed by atoms with Gasteiger partial charge in [0, 0.05) is 5.92 Å². The molecule has 3 unspecified atom stereocenters. The molecule has 8 atom stereocenters. The number of hydrogen-bond acceptors (Lipinski definition) is 5. The molecule has 25 heavy (non-hydrogen) atoms. The minimum absolute atomic E-state index is 0.0245. The van der Waals surface area contributed by atoms with Crippen molar-refractivity contribution in [2.45, 2.75) is 51.9 Å². The highest BCUT2D eigenvalue weighted by Gasteiger charge is 2.75. The molecule has 4 aliphatic carbocycles. The SMILES string of the molecule is CC1=CC23C(=O)[C@@H](C=C(CO)[C@@H](O)C2(O)[C@H]1O)C1[C@@H](C[C@H]3C)C1(C)C. The van der Waals surface area contributed by atoms with E-state index in [0.29, 0.717) is 11.5 Å². The van der Waals surface area contributed by atoms with Gasteiger partial charge in [-0.15, -0.1) is 0 Å². The van der Waals surface area contributed by atoms with E-state index in [1.807, 2.05) is 6.92 Å². The van der Waals surface area contributed by atoms with Crippen molar-refractivity contribution in [3.05, 3.63) is 23.3 Å². The Morgan fingerprint density at radius 1 is 1.24 bits per heavy atom. The van der Waals surface area contributed by atoms with E-state index in [1.165, 1.54) is 0 Å². The third kappa shape index (κ3) is 1.71. The molecule has 4 aliphatic rings. The maximum Gasteiger partial charge on any atom is 0.153 e. The zero-order valence-electron chi connectivity index (χ0n) is 15.2. The van der Waals surface area contributed by atoms with Gasteiger partial charge < -0.3 is 20.4 Å². The van der Waals surface area contributed by atoms with Crippen molar-refractivity contribution in [1.82, 2.24) is 0 Å². The lowest BCUT2D eigenvalue weighted by atomic mass is 9.59. The van der Waals surface area contributed by atoms with Crippen molar-refractivity contribution >= 4 is 5.78 Å². The molecule has 0 aromatic carbocycles. The van der Waals surface area contributed by atoms with E-state index in [2.05, 4.69) is 13.8 Å². The van der Waals surface area contributed by atoms with Gasteiger partial charge in [0.05, 0.1) is 12.0 Å². The Kier molecular flexibility index (Phi) is 3.36. The normalized spacial score (nSPS) is 53.2. The fourth-order valence-corrected chi connectivity index (χ4v) is 6.43. The molecule has 0 radical (unpaired) electrons. The van der Waals surface area contributed by atoms with Gasteiger partial charge in [0.2, 0.25) is 0 Å². The third-order valence-corrected chi connectivity index (χ3v) is 7.93. The van der Waals surface area contributed by atoms with Crippen molar-refractivity contribution in [3.8, 4) is 0 Å². The lowest BCUT2D eigenvalue weighted by molar-refractivity contribution is -0.190. The van der Waals surface area contributed by atoms with Crippen LogP contribution in [-0.4, -0.2) is 50.6 Å². The first-order chi connectivity index (χ1) is 11.5. The Balaban J connectivity index is 1.99. The van der Waals surface area contributed by atoms with E-state index in [9.17, 15) is 25.2 Å². The Hall–Kier alpha value is -1.01.